The van der Waals surface area contributed by atoms with Gasteiger partial charge in [-0.15, -0.1) is 0 Å². The van der Waals surface area contributed by atoms with Crippen molar-refractivity contribution in [2.75, 3.05) is 4.72 Å². The summed E-state index contributed by atoms with van der Waals surface area (Å²) in [5.74, 6) is 0. The van der Waals surface area contributed by atoms with E-state index in [9.17, 15) is 0 Å². The number of hydrogen-bond acceptors (Lipinski definition) is 5. The Morgan fingerprint density at radius 3 is 3.00 bits per heavy atom. The van der Waals surface area contributed by atoms with Gasteiger partial charge < -0.3 is 4.72 Å². The zero-order valence-corrected chi connectivity index (χ0v) is 7.38. The van der Waals surface area contributed by atoms with Gasteiger partial charge in [0.25, 0.3) is 6.29 Å². The molecular formula is C8H6N2O2S. The van der Waals surface area contributed by atoms with Gasteiger partial charge in [0, 0.05) is 5.56 Å². The topological polar surface area (TPSA) is 49.5 Å². The van der Waals surface area contributed by atoms with Crippen LogP contribution in [0.15, 0.2) is 28.7 Å². The van der Waals surface area contributed by atoms with Crippen molar-refractivity contribution in [1.29, 1.82) is 0 Å². The summed E-state index contributed by atoms with van der Waals surface area (Å²) in [6.07, 6.45) is -0.268. The second-order valence-electron chi connectivity index (χ2n) is 2.74. The van der Waals surface area contributed by atoms with Crippen LogP contribution >= 0.6 is 12.1 Å². The summed E-state index contributed by atoms with van der Waals surface area (Å²) in [6.45, 7) is 0. The average Bonchev–Trinajstić information content (AvgIpc) is 3.00. The van der Waals surface area contributed by atoms with Crippen molar-refractivity contribution in [3.8, 4) is 0 Å². The number of fused-ring (bicyclic) bond motifs is 1. The van der Waals surface area contributed by atoms with Crippen LogP contribution in [0.4, 0.5) is 5.69 Å². The summed E-state index contributed by atoms with van der Waals surface area (Å²) in [5, 5.41) is 0. The fraction of sp³-hybridized carbons (Fsp3) is 0.125. The Morgan fingerprint density at radius 2 is 2.15 bits per heavy atom. The van der Waals surface area contributed by atoms with Gasteiger partial charge in [-0.05, 0) is 6.07 Å². The maximum absolute atomic E-state index is 4.73. The monoisotopic (exact) mass is 194 g/mol. The van der Waals surface area contributed by atoms with Gasteiger partial charge in [0.1, 0.15) is 5.71 Å². The molecule has 1 N–H and O–H groups in total. The van der Waals surface area contributed by atoms with E-state index >= 15 is 0 Å². The molecule has 3 rings (SSSR count). The molecule has 0 radical (unpaired) electrons. The fourth-order valence-corrected chi connectivity index (χ4v) is 1.86. The van der Waals surface area contributed by atoms with Gasteiger partial charge in [0.05, 0.1) is 17.8 Å². The first-order valence-corrected chi connectivity index (χ1v) is 4.64. The summed E-state index contributed by atoms with van der Waals surface area (Å²) < 4.78 is 7.30. The van der Waals surface area contributed by atoms with E-state index in [-0.39, 0.29) is 6.29 Å². The molecule has 2 aliphatic heterocycles. The van der Waals surface area contributed by atoms with Gasteiger partial charge in [-0.3, -0.25) is 0 Å². The molecule has 1 saturated heterocycles. The lowest BCUT2D eigenvalue weighted by molar-refractivity contribution is 0.0850. The van der Waals surface area contributed by atoms with E-state index in [4.69, 9.17) is 9.78 Å². The summed E-state index contributed by atoms with van der Waals surface area (Å²) in [7, 11) is 0. The Balaban J connectivity index is 2.09. The molecule has 2 heterocycles. The van der Waals surface area contributed by atoms with E-state index in [1.165, 1.54) is 12.1 Å². The highest BCUT2D eigenvalue weighted by molar-refractivity contribution is 7.99. The predicted octanol–water partition coefficient (Wildman–Crippen LogP) is 1.75. The lowest BCUT2D eigenvalue weighted by Crippen LogP contribution is -2.13. The molecule has 13 heavy (non-hydrogen) atoms. The Labute approximate surface area is 79.1 Å². The average molecular weight is 194 g/mol. The molecule has 0 unspecified atom stereocenters. The smallest absolute Gasteiger partial charge is 0.267 e. The van der Waals surface area contributed by atoms with E-state index < -0.39 is 0 Å². The summed E-state index contributed by atoms with van der Waals surface area (Å²) in [5.41, 5.74) is 2.94. The largest absolute Gasteiger partial charge is 0.310 e. The molecule has 0 aromatic heterocycles. The molecule has 0 bridgehead atoms. The van der Waals surface area contributed by atoms with Crippen LogP contribution in [0, 0.1) is 0 Å². The van der Waals surface area contributed by atoms with Crippen molar-refractivity contribution >= 4 is 23.5 Å². The summed E-state index contributed by atoms with van der Waals surface area (Å²) >= 11 is 1.29. The van der Waals surface area contributed by atoms with Crippen molar-refractivity contribution in [2.24, 2.45) is 4.40 Å². The zero-order chi connectivity index (χ0) is 8.67. The molecule has 66 valence electrons. The Kier molecular flexibility index (Phi) is 1.55. The van der Waals surface area contributed by atoms with Crippen molar-refractivity contribution < 1.29 is 9.78 Å². The second-order valence-corrected chi connectivity index (χ2v) is 3.31. The third-order valence-electron chi connectivity index (χ3n) is 1.92. The fourth-order valence-electron chi connectivity index (χ4n) is 1.25. The van der Waals surface area contributed by atoms with Gasteiger partial charge >= 0.3 is 0 Å². The number of para-hydroxylation sites is 1. The van der Waals surface area contributed by atoms with Crippen LogP contribution in [-0.2, 0) is 9.78 Å². The van der Waals surface area contributed by atoms with Crippen molar-refractivity contribution in [3.05, 3.63) is 29.8 Å². The maximum Gasteiger partial charge on any atom is 0.267 e. The first-order chi connectivity index (χ1) is 6.45. The number of nitrogens with one attached hydrogen (secondary N) is 1. The normalized spacial score (nSPS) is 20.2. The number of benzene rings is 1. The van der Waals surface area contributed by atoms with Crippen LogP contribution in [0.2, 0.25) is 0 Å². The maximum atomic E-state index is 4.73. The highest BCUT2D eigenvalue weighted by atomic mass is 32.2. The molecule has 1 aromatic rings. The molecule has 0 spiro atoms. The number of anilines is 1. The van der Waals surface area contributed by atoms with Crippen LogP contribution < -0.4 is 4.72 Å². The number of nitrogens with zero attached hydrogens (tertiary/aromatic N) is 1. The summed E-state index contributed by atoms with van der Waals surface area (Å²) in [4.78, 5) is 9.47. The summed E-state index contributed by atoms with van der Waals surface area (Å²) in [6, 6.07) is 7.93. The Bertz CT molecular complexity index is 376. The first kappa shape index (κ1) is 7.37. The highest BCUT2D eigenvalue weighted by Crippen LogP contribution is 2.31. The minimum absolute atomic E-state index is 0.268. The molecule has 0 saturated carbocycles. The first-order valence-electron chi connectivity index (χ1n) is 3.86. The third-order valence-corrected chi connectivity index (χ3v) is 2.52. The van der Waals surface area contributed by atoms with Crippen molar-refractivity contribution in [1.82, 2.24) is 0 Å². The van der Waals surface area contributed by atoms with Crippen molar-refractivity contribution in [3.63, 3.8) is 0 Å². The molecular weight excluding hydrogens is 188 g/mol. The molecule has 0 aliphatic carbocycles. The molecule has 5 heteroatoms. The van der Waals surface area contributed by atoms with Crippen molar-refractivity contribution in [2.45, 2.75) is 6.29 Å². The SMILES string of the molecule is c1ccc2c(c1)NSN=C2C1OO1. The molecule has 1 aromatic carbocycles. The third kappa shape index (κ3) is 1.21. The standard InChI is InChI=1S/C8H6N2O2S/c1-2-4-6-5(3-1)7(8-11-12-8)10-13-9-6/h1-4,8-9H. The Morgan fingerprint density at radius 1 is 1.31 bits per heavy atom. The van der Waals surface area contributed by atoms with Gasteiger partial charge in [-0.1, -0.05) is 18.2 Å². The van der Waals surface area contributed by atoms with Gasteiger partial charge in [0.15, 0.2) is 0 Å². The van der Waals surface area contributed by atoms with Crippen LogP contribution in [0.1, 0.15) is 5.56 Å². The zero-order valence-electron chi connectivity index (χ0n) is 6.56. The molecule has 0 atom stereocenters. The highest BCUT2D eigenvalue weighted by Gasteiger charge is 2.35. The minimum atomic E-state index is -0.268. The van der Waals surface area contributed by atoms with E-state index in [2.05, 4.69) is 9.12 Å². The lowest BCUT2D eigenvalue weighted by Gasteiger charge is -2.13. The minimum Gasteiger partial charge on any atom is -0.310 e. The van der Waals surface area contributed by atoms with Crippen LogP contribution in [0.25, 0.3) is 0 Å². The molecule has 2 aliphatic rings. The van der Waals surface area contributed by atoms with Crippen LogP contribution in [0.3, 0.4) is 0 Å². The quantitative estimate of drug-likeness (QED) is 0.420. The molecule has 1 fully saturated rings. The predicted molar refractivity (Wildman–Crippen MR) is 50.2 cm³/mol. The second kappa shape index (κ2) is 2.73. The molecule has 0 amide bonds. The van der Waals surface area contributed by atoms with E-state index in [0.29, 0.717) is 0 Å². The lowest BCUT2D eigenvalue weighted by atomic mass is 10.1. The number of hydrogen-bond donors (Lipinski definition) is 1. The Hall–Kier alpha value is -1.04. The van der Waals surface area contributed by atoms with E-state index in [0.717, 1.165) is 17.0 Å². The van der Waals surface area contributed by atoms with Crippen LogP contribution in [-0.4, -0.2) is 12.0 Å². The van der Waals surface area contributed by atoms with E-state index in [1.807, 2.05) is 24.3 Å². The van der Waals surface area contributed by atoms with Crippen LogP contribution in [0.5, 0.6) is 0 Å². The van der Waals surface area contributed by atoms with E-state index in [1.54, 1.807) is 0 Å². The van der Waals surface area contributed by atoms with Gasteiger partial charge in [0.2, 0.25) is 0 Å². The molecule has 4 nitrogen and oxygen atoms in total. The van der Waals surface area contributed by atoms with Gasteiger partial charge in [-0.25, -0.2) is 0 Å². The number of rotatable bonds is 1. The van der Waals surface area contributed by atoms with Gasteiger partial charge in [-0.2, -0.15) is 14.2 Å².